The van der Waals surface area contributed by atoms with Gasteiger partial charge < -0.3 is 4.57 Å². The van der Waals surface area contributed by atoms with E-state index >= 15 is 0 Å². The molecule has 0 atom stereocenters. The van der Waals surface area contributed by atoms with Crippen LogP contribution in [-0.4, -0.2) is 12.6 Å². The Bertz CT molecular complexity index is 2370. The van der Waals surface area contributed by atoms with Gasteiger partial charge in [0.1, 0.15) is 6.07 Å². The second-order valence-corrected chi connectivity index (χ2v) is 15.6. The van der Waals surface area contributed by atoms with Crippen LogP contribution < -0.4 is 20.7 Å². The summed E-state index contributed by atoms with van der Waals surface area (Å²) in [7, 11) is -3.04. The number of para-hydroxylation sites is 2. The van der Waals surface area contributed by atoms with Gasteiger partial charge in [-0.05, 0) is 50.1 Å². The van der Waals surface area contributed by atoms with Crippen LogP contribution >= 0.6 is 0 Å². The molecule has 0 amide bonds. The molecule has 0 spiro atoms. The number of hydrogen-bond donors (Lipinski definition) is 0. The van der Waals surface area contributed by atoms with E-state index in [1.54, 1.807) is 0 Å². The molecule has 0 saturated carbocycles. The molecule has 0 aliphatic heterocycles. The van der Waals surface area contributed by atoms with E-state index in [1.165, 1.54) is 15.6 Å². The molecule has 224 valence electrons. The summed E-state index contributed by atoms with van der Waals surface area (Å²) >= 11 is 0. The van der Waals surface area contributed by atoms with Gasteiger partial charge in [-0.15, -0.1) is 0 Å². The van der Waals surface area contributed by atoms with Crippen molar-refractivity contribution in [3.8, 4) is 22.9 Å². The van der Waals surface area contributed by atoms with E-state index in [0.717, 1.165) is 43.8 Å². The maximum Gasteiger partial charge on any atom is 0.194 e. The lowest BCUT2D eigenvalue weighted by atomic mass is 9.97. The van der Waals surface area contributed by atoms with Crippen LogP contribution in [0.1, 0.15) is 5.56 Å². The summed E-state index contributed by atoms with van der Waals surface area (Å²) in [6.07, 6.45) is 0. The van der Waals surface area contributed by atoms with Gasteiger partial charge in [-0.25, -0.2) is 4.85 Å². The minimum atomic E-state index is -3.04. The zero-order valence-electron chi connectivity index (χ0n) is 26.1. The quantitative estimate of drug-likeness (QED) is 0.104. The van der Waals surface area contributed by atoms with Crippen LogP contribution in [0.5, 0.6) is 0 Å². The van der Waals surface area contributed by atoms with Gasteiger partial charge in [0, 0.05) is 10.8 Å². The summed E-state index contributed by atoms with van der Waals surface area (Å²) in [5.41, 5.74) is 5.51. The molecule has 8 rings (SSSR count). The molecule has 3 nitrogen and oxygen atoms in total. The zero-order chi connectivity index (χ0) is 32.5. The summed E-state index contributed by atoms with van der Waals surface area (Å²) in [5, 5.41) is 18.1. The van der Waals surface area contributed by atoms with E-state index in [0.29, 0.717) is 11.3 Å². The molecule has 0 aliphatic carbocycles. The fraction of sp³-hybridized carbons (Fsp3) is 0. The molecular weight excluding hydrogens is 599 g/mol. The third-order valence-corrected chi connectivity index (χ3v) is 14.3. The molecule has 0 unspecified atom stereocenters. The Morgan fingerprint density at radius 3 is 1.50 bits per heavy atom. The Hall–Kier alpha value is -6.46. The van der Waals surface area contributed by atoms with Gasteiger partial charge in [0.25, 0.3) is 0 Å². The predicted octanol–water partition coefficient (Wildman–Crippen LogP) is 8.25. The lowest BCUT2D eigenvalue weighted by Gasteiger charge is -2.36. The summed E-state index contributed by atoms with van der Waals surface area (Å²) in [5.74, 6) is 0. The number of rotatable bonds is 6. The highest BCUT2D eigenvalue weighted by atomic mass is 28.3. The minimum Gasteiger partial charge on any atom is -0.308 e. The van der Waals surface area contributed by atoms with Gasteiger partial charge in [0.2, 0.25) is 0 Å². The Morgan fingerprint density at radius 2 is 1.00 bits per heavy atom. The molecule has 0 bridgehead atoms. The smallest absolute Gasteiger partial charge is 0.194 e. The number of fused-ring (bicyclic) bond motifs is 3. The Morgan fingerprint density at radius 1 is 0.521 bits per heavy atom. The van der Waals surface area contributed by atoms with Crippen LogP contribution in [0.2, 0.25) is 0 Å². The number of aromatic nitrogens is 1. The third kappa shape index (κ3) is 4.40. The van der Waals surface area contributed by atoms with E-state index in [2.05, 4.69) is 149 Å². The van der Waals surface area contributed by atoms with Crippen molar-refractivity contribution in [1.82, 2.24) is 4.57 Å². The number of benzene rings is 7. The Kier molecular flexibility index (Phi) is 7.27. The first-order valence-electron chi connectivity index (χ1n) is 16.0. The van der Waals surface area contributed by atoms with Crippen molar-refractivity contribution in [2.75, 3.05) is 0 Å². The Labute approximate surface area is 281 Å². The summed E-state index contributed by atoms with van der Waals surface area (Å²) in [6.45, 7) is 8.44. The highest BCUT2D eigenvalue weighted by Crippen LogP contribution is 2.38. The topological polar surface area (TPSA) is 33.1 Å². The molecule has 8 aromatic rings. The maximum atomic E-state index is 11.1. The van der Waals surface area contributed by atoms with Crippen molar-refractivity contribution < 1.29 is 0 Å². The van der Waals surface area contributed by atoms with Crippen molar-refractivity contribution in [3.05, 3.63) is 193 Å². The first-order chi connectivity index (χ1) is 23.8. The van der Waals surface area contributed by atoms with E-state index in [-0.39, 0.29) is 0 Å². The maximum absolute atomic E-state index is 11.1. The zero-order valence-corrected chi connectivity index (χ0v) is 27.1. The van der Waals surface area contributed by atoms with Crippen LogP contribution in [0.3, 0.4) is 0 Å². The first kappa shape index (κ1) is 29.0. The molecule has 1 aromatic heterocycles. The number of hydrogen-bond acceptors (Lipinski definition) is 1. The summed E-state index contributed by atoms with van der Waals surface area (Å²) in [6, 6.07) is 63.6. The largest absolute Gasteiger partial charge is 0.308 e. The van der Waals surface area contributed by atoms with Crippen LogP contribution in [0.25, 0.3) is 43.5 Å². The second-order valence-electron chi connectivity index (χ2n) is 11.8. The van der Waals surface area contributed by atoms with Gasteiger partial charge >= 0.3 is 0 Å². The molecule has 7 aromatic carbocycles. The highest BCUT2D eigenvalue weighted by molar-refractivity contribution is 7.20. The fourth-order valence-electron chi connectivity index (χ4n) is 7.49. The van der Waals surface area contributed by atoms with Crippen LogP contribution in [0.15, 0.2) is 176 Å². The minimum absolute atomic E-state index is 0.531. The van der Waals surface area contributed by atoms with Crippen LogP contribution in [-0.2, 0) is 0 Å². The Balaban J connectivity index is 1.52. The van der Waals surface area contributed by atoms with Gasteiger partial charge in [-0.3, -0.25) is 0 Å². The van der Waals surface area contributed by atoms with Crippen LogP contribution in [0.4, 0.5) is 5.69 Å². The average molecular weight is 628 g/mol. The lowest BCUT2D eigenvalue weighted by Crippen LogP contribution is -2.75. The predicted molar refractivity (Wildman–Crippen MR) is 201 cm³/mol. The van der Waals surface area contributed by atoms with Crippen molar-refractivity contribution in [3.63, 3.8) is 0 Å². The van der Waals surface area contributed by atoms with E-state index in [4.69, 9.17) is 6.57 Å². The van der Waals surface area contributed by atoms with Gasteiger partial charge in [-0.2, -0.15) is 5.26 Å². The molecule has 0 aliphatic rings. The first-order valence-corrected chi connectivity index (χ1v) is 18.0. The number of nitriles is 1. The summed E-state index contributed by atoms with van der Waals surface area (Å²) < 4.78 is 2.20. The monoisotopic (exact) mass is 627 g/mol. The van der Waals surface area contributed by atoms with Crippen molar-refractivity contribution in [2.45, 2.75) is 0 Å². The number of nitrogens with zero attached hydrogens (tertiary/aromatic N) is 3. The molecule has 4 heteroatoms. The average Bonchev–Trinajstić information content (AvgIpc) is 3.50. The second kappa shape index (κ2) is 12.0. The van der Waals surface area contributed by atoms with Crippen molar-refractivity contribution in [1.29, 1.82) is 5.26 Å². The molecular formula is C44H29N3Si. The molecule has 1 heterocycles. The van der Waals surface area contributed by atoms with Gasteiger partial charge in [0.15, 0.2) is 13.8 Å². The normalized spacial score (nSPS) is 11.3. The highest BCUT2D eigenvalue weighted by Gasteiger charge is 2.43. The van der Waals surface area contributed by atoms with Crippen LogP contribution in [0, 0.1) is 17.9 Å². The van der Waals surface area contributed by atoms with Crippen molar-refractivity contribution >= 4 is 56.3 Å². The molecule has 48 heavy (non-hydrogen) atoms. The molecule has 0 radical (unpaired) electrons. The molecule has 0 N–H and O–H groups in total. The van der Waals surface area contributed by atoms with E-state index in [1.807, 2.05) is 42.5 Å². The molecule has 0 saturated heterocycles. The van der Waals surface area contributed by atoms with E-state index < -0.39 is 8.07 Å². The van der Waals surface area contributed by atoms with Crippen molar-refractivity contribution in [2.24, 2.45) is 0 Å². The van der Waals surface area contributed by atoms with E-state index in [9.17, 15) is 5.26 Å². The standard InChI is InChI=1S/C44H29N3Si/c1-46-39-26-16-30-43(48(32-17-5-2-6-18-32,33-19-7-3-8-20-33)34-21-9-4-10-22-34)44(39)37-25-15-29-42(38(37)31-45)47-40-27-13-11-23-35(40)36-24-12-14-28-41(36)47/h2-30H. The third-order valence-electron chi connectivity index (χ3n) is 9.43. The van der Waals surface area contributed by atoms with Gasteiger partial charge in [0.05, 0.1) is 28.9 Å². The summed E-state index contributed by atoms with van der Waals surface area (Å²) in [4.78, 5) is 4.13. The fourth-order valence-corrected chi connectivity index (χ4v) is 12.5. The lowest BCUT2D eigenvalue weighted by molar-refractivity contribution is 1.17. The van der Waals surface area contributed by atoms with Gasteiger partial charge in [-0.1, -0.05) is 158 Å². The molecule has 0 fully saturated rings. The SMILES string of the molecule is [C-]#[N+]c1cccc([Si](c2ccccc2)(c2ccccc2)c2ccccc2)c1-c1cccc(-n2c3ccccc3c3ccccc32)c1C#N.